The van der Waals surface area contributed by atoms with Gasteiger partial charge in [-0.2, -0.15) is 0 Å². The Morgan fingerprint density at radius 3 is 2.25 bits per heavy atom. The molecule has 2 N–H and O–H groups in total. The maximum atomic E-state index is 5.74. The molecule has 0 spiro atoms. The highest BCUT2D eigenvalue weighted by atomic mass is 79.9. The molecule has 2 rings (SSSR count). The number of hydrogen-bond donors (Lipinski definition) is 1. The summed E-state index contributed by atoms with van der Waals surface area (Å²) in [5, 5.41) is 0.895. The predicted octanol–water partition coefficient (Wildman–Crippen LogP) is 3.71. The van der Waals surface area contributed by atoms with Crippen molar-refractivity contribution in [1.82, 2.24) is 0 Å². The van der Waals surface area contributed by atoms with Crippen molar-refractivity contribution >= 4 is 15.9 Å². The maximum Gasteiger partial charge on any atom is 0.0283 e. The molecule has 0 unspecified atom stereocenters. The fourth-order valence-corrected chi connectivity index (χ4v) is 2.13. The van der Waals surface area contributed by atoms with E-state index in [2.05, 4.69) is 52.3 Å². The lowest BCUT2D eigenvalue weighted by molar-refractivity contribution is 1.07. The molecule has 0 aliphatic heterocycles. The average Bonchev–Trinajstić information content (AvgIpc) is 2.39. The molecule has 16 heavy (non-hydrogen) atoms. The van der Waals surface area contributed by atoms with E-state index < -0.39 is 0 Å². The van der Waals surface area contributed by atoms with E-state index in [0.717, 1.165) is 5.33 Å². The summed E-state index contributed by atoms with van der Waals surface area (Å²) in [4.78, 5) is 0. The Kier molecular flexibility index (Phi) is 3.75. The molecule has 2 aromatic rings. The van der Waals surface area contributed by atoms with Crippen LogP contribution in [0.3, 0.4) is 0 Å². The van der Waals surface area contributed by atoms with E-state index in [-0.39, 0.29) is 0 Å². The van der Waals surface area contributed by atoms with Crippen molar-refractivity contribution in [3.05, 3.63) is 59.7 Å². The third-order valence-electron chi connectivity index (χ3n) is 2.66. The van der Waals surface area contributed by atoms with Crippen LogP contribution in [0.5, 0.6) is 0 Å². The van der Waals surface area contributed by atoms with Gasteiger partial charge in [0.25, 0.3) is 0 Å². The highest BCUT2D eigenvalue weighted by Crippen LogP contribution is 2.24. The van der Waals surface area contributed by atoms with Crippen LogP contribution < -0.4 is 5.73 Å². The van der Waals surface area contributed by atoms with E-state index in [0.29, 0.717) is 6.54 Å². The molecule has 0 aromatic heterocycles. The standard InChI is InChI=1S/C14H14BrN/c15-9-11-5-7-12(8-6-11)14-4-2-1-3-13(14)10-16/h1-8H,9-10,16H2. The van der Waals surface area contributed by atoms with Crippen LogP contribution in [0.1, 0.15) is 11.1 Å². The summed E-state index contributed by atoms with van der Waals surface area (Å²) in [6, 6.07) is 16.8. The normalized spacial score (nSPS) is 10.4. The second-order valence-electron chi connectivity index (χ2n) is 3.69. The minimum absolute atomic E-state index is 0.580. The minimum atomic E-state index is 0.580. The maximum absolute atomic E-state index is 5.74. The van der Waals surface area contributed by atoms with Gasteiger partial charge in [-0.15, -0.1) is 0 Å². The fraction of sp³-hybridized carbons (Fsp3) is 0.143. The van der Waals surface area contributed by atoms with E-state index in [1.165, 1.54) is 22.3 Å². The molecule has 82 valence electrons. The van der Waals surface area contributed by atoms with Crippen molar-refractivity contribution in [2.24, 2.45) is 5.73 Å². The molecule has 0 saturated carbocycles. The Balaban J connectivity index is 2.42. The van der Waals surface area contributed by atoms with E-state index >= 15 is 0 Å². The molecule has 0 heterocycles. The molecule has 2 aromatic carbocycles. The van der Waals surface area contributed by atoms with Crippen molar-refractivity contribution < 1.29 is 0 Å². The third kappa shape index (κ3) is 2.34. The van der Waals surface area contributed by atoms with E-state index in [4.69, 9.17) is 5.73 Å². The lowest BCUT2D eigenvalue weighted by Crippen LogP contribution is -1.98. The quantitative estimate of drug-likeness (QED) is 0.850. The first kappa shape index (κ1) is 11.4. The zero-order chi connectivity index (χ0) is 11.4. The van der Waals surface area contributed by atoms with Crippen LogP contribution in [0.25, 0.3) is 11.1 Å². The lowest BCUT2D eigenvalue weighted by Gasteiger charge is -2.08. The summed E-state index contributed by atoms with van der Waals surface area (Å²) in [5.74, 6) is 0. The van der Waals surface area contributed by atoms with Crippen molar-refractivity contribution in [2.45, 2.75) is 11.9 Å². The summed E-state index contributed by atoms with van der Waals surface area (Å²) in [6.07, 6.45) is 0. The number of nitrogens with two attached hydrogens (primary N) is 1. The van der Waals surface area contributed by atoms with Gasteiger partial charge in [-0.25, -0.2) is 0 Å². The van der Waals surface area contributed by atoms with Gasteiger partial charge in [0.1, 0.15) is 0 Å². The Morgan fingerprint density at radius 1 is 0.938 bits per heavy atom. The molecule has 0 bridgehead atoms. The molecule has 0 fully saturated rings. The summed E-state index contributed by atoms with van der Waals surface area (Å²) >= 11 is 3.45. The van der Waals surface area contributed by atoms with Crippen LogP contribution in [-0.2, 0) is 11.9 Å². The van der Waals surface area contributed by atoms with E-state index in [1.54, 1.807) is 0 Å². The van der Waals surface area contributed by atoms with Crippen LogP contribution in [0.4, 0.5) is 0 Å². The molecular formula is C14H14BrN. The third-order valence-corrected chi connectivity index (χ3v) is 3.30. The van der Waals surface area contributed by atoms with Crippen LogP contribution in [0.15, 0.2) is 48.5 Å². The number of hydrogen-bond acceptors (Lipinski definition) is 1. The minimum Gasteiger partial charge on any atom is -0.326 e. The second-order valence-corrected chi connectivity index (χ2v) is 4.25. The van der Waals surface area contributed by atoms with Crippen molar-refractivity contribution in [3.63, 3.8) is 0 Å². The molecule has 2 heteroatoms. The van der Waals surface area contributed by atoms with Gasteiger partial charge in [-0.3, -0.25) is 0 Å². The van der Waals surface area contributed by atoms with Gasteiger partial charge in [0.05, 0.1) is 0 Å². The van der Waals surface area contributed by atoms with Crippen molar-refractivity contribution in [3.8, 4) is 11.1 Å². The van der Waals surface area contributed by atoms with Crippen molar-refractivity contribution in [2.75, 3.05) is 0 Å². The smallest absolute Gasteiger partial charge is 0.0283 e. The molecule has 0 radical (unpaired) electrons. The number of benzene rings is 2. The monoisotopic (exact) mass is 275 g/mol. The topological polar surface area (TPSA) is 26.0 Å². The first-order chi connectivity index (χ1) is 7.85. The van der Waals surface area contributed by atoms with E-state index in [1.807, 2.05) is 12.1 Å². The van der Waals surface area contributed by atoms with Gasteiger partial charge in [0.2, 0.25) is 0 Å². The average molecular weight is 276 g/mol. The Hall–Kier alpha value is -1.12. The Bertz CT molecular complexity index is 462. The zero-order valence-corrected chi connectivity index (χ0v) is 10.6. The van der Waals surface area contributed by atoms with Crippen LogP contribution >= 0.6 is 15.9 Å². The number of alkyl halides is 1. The molecule has 0 aliphatic carbocycles. The summed E-state index contributed by atoms with van der Waals surface area (Å²) in [5.41, 5.74) is 10.7. The molecule has 0 aliphatic rings. The fourth-order valence-electron chi connectivity index (χ4n) is 1.75. The van der Waals surface area contributed by atoms with Crippen LogP contribution in [0, 0.1) is 0 Å². The lowest BCUT2D eigenvalue weighted by atomic mass is 9.99. The van der Waals surface area contributed by atoms with Crippen LogP contribution in [-0.4, -0.2) is 0 Å². The van der Waals surface area contributed by atoms with Gasteiger partial charge in [0, 0.05) is 11.9 Å². The molecule has 0 saturated heterocycles. The van der Waals surface area contributed by atoms with Crippen molar-refractivity contribution in [1.29, 1.82) is 0 Å². The Labute approximate surface area is 104 Å². The molecule has 1 nitrogen and oxygen atoms in total. The van der Waals surface area contributed by atoms with Crippen LogP contribution in [0.2, 0.25) is 0 Å². The SMILES string of the molecule is NCc1ccccc1-c1ccc(CBr)cc1. The molecular weight excluding hydrogens is 262 g/mol. The highest BCUT2D eigenvalue weighted by Gasteiger charge is 2.02. The largest absolute Gasteiger partial charge is 0.326 e. The summed E-state index contributed by atoms with van der Waals surface area (Å²) in [6.45, 7) is 0.580. The first-order valence-electron chi connectivity index (χ1n) is 5.28. The predicted molar refractivity (Wildman–Crippen MR) is 72.4 cm³/mol. The first-order valence-corrected chi connectivity index (χ1v) is 6.40. The Morgan fingerprint density at radius 2 is 1.62 bits per heavy atom. The van der Waals surface area contributed by atoms with Gasteiger partial charge in [-0.1, -0.05) is 64.5 Å². The summed E-state index contributed by atoms with van der Waals surface area (Å²) < 4.78 is 0. The molecule has 0 amide bonds. The number of rotatable bonds is 3. The zero-order valence-electron chi connectivity index (χ0n) is 8.99. The van der Waals surface area contributed by atoms with Gasteiger partial charge < -0.3 is 5.73 Å². The van der Waals surface area contributed by atoms with Gasteiger partial charge in [0.15, 0.2) is 0 Å². The number of halogens is 1. The summed E-state index contributed by atoms with van der Waals surface area (Å²) in [7, 11) is 0. The molecule has 0 atom stereocenters. The van der Waals surface area contributed by atoms with Gasteiger partial charge >= 0.3 is 0 Å². The highest BCUT2D eigenvalue weighted by molar-refractivity contribution is 9.08. The second kappa shape index (κ2) is 5.28. The van der Waals surface area contributed by atoms with E-state index in [9.17, 15) is 0 Å². The van der Waals surface area contributed by atoms with Gasteiger partial charge in [-0.05, 0) is 22.3 Å².